The van der Waals surface area contributed by atoms with Crippen molar-refractivity contribution in [3.05, 3.63) is 152 Å². The first-order valence-corrected chi connectivity index (χ1v) is 15.9. The predicted molar refractivity (Wildman–Crippen MR) is 194 cm³/mol. The molecule has 0 unspecified atom stereocenters. The Kier molecular flexibility index (Phi) is 5.81. The van der Waals surface area contributed by atoms with Gasteiger partial charge in [0.05, 0.1) is 0 Å². The third kappa shape index (κ3) is 4.29. The first-order valence-electron chi connectivity index (χ1n) is 15.9. The molecule has 5 nitrogen and oxygen atoms in total. The summed E-state index contributed by atoms with van der Waals surface area (Å²) in [4.78, 5) is 15.1. The standard InChI is InChI=1S/C43H25N3O2/c1-2-10-27(11-3-1)41-44-42(31-20-21-33-32-13-6-7-15-36(32)47-38(33)25-31)46-43(45-41)35-14-8-16-37-40(35)34-22-19-30(24-39(34)48-37)29-18-17-26-9-4-5-12-28(26)23-29/h1-25H. The SMILES string of the molecule is c1ccc(-c2nc(-c3ccc4c(c3)oc3ccccc34)nc(-c3cccc4oc5cc(-c6ccc7ccccc7c6)ccc5c34)n2)cc1. The van der Waals surface area contributed by atoms with Crippen LogP contribution in [0.3, 0.4) is 0 Å². The molecule has 0 N–H and O–H groups in total. The summed E-state index contributed by atoms with van der Waals surface area (Å²) in [5.74, 6) is 1.75. The van der Waals surface area contributed by atoms with E-state index in [9.17, 15) is 0 Å². The van der Waals surface area contributed by atoms with Gasteiger partial charge in [0, 0.05) is 38.2 Å². The lowest BCUT2D eigenvalue weighted by atomic mass is 9.99. The highest BCUT2D eigenvalue weighted by Gasteiger charge is 2.19. The molecule has 0 amide bonds. The van der Waals surface area contributed by atoms with Crippen molar-refractivity contribution >= 4 is 54.6 Å². The number of furan rings is 2. The van der Waals surface area contributed by atoms with E-state index < -0.39 is 0 Å². The van der Waals surface area contributed by atoms with Crippen LogP contribution < -0.4 is 0 Å². The summed E-state index contributed by atoms with van der Waals surface area (Å²) < 4.78 is 12.7. The van der Waals surface area contributed by atoms with Crippen LogP contribution in [0.2, 0.25) is 0 Å². The molecular weight excluding hydrogens is 590 g/mol. The highest BCUT2D eigenvalue weighted by atomic mass is 16.3. The van der Waals surface area contributed by atoms with Crippen LogP contribution in [0.25, 0.3) is 99.9 Å². The molecule has 0 aliphatic carbocycles. The molecule has 10 rings (SSSR count). The van der Waals surface area contributed by atoms with Crippen molar-refractivity contribution in [2.75, 3.05) is 0 Å². The summed E-state index contributed by atoms with van der Waals surface area (Å²) in [6, 6.07) is 51.7. The number of rotatable bonds is 4. The van der Waals surface area contributed by atoms with Gasteiger partial charge in [-0.3, -0.25) is 0 Å². The summed E-state index contributed by atoms with van der Waals surface area (Å²) in [5.41, 5.74) is 8.14. The van der Waals surface area contributed by atoms with E-state index in [0.717, 1.165) is 71.7 Å². The number of hydrogen-bond acceptors (Lipinski definition) is 5. The molecule has 224 valence electrons. The number of nitrogens with zero attached hydrogens (tertiary/aromatic N) is 3. The zero-order valence-corrected chi connectivity index (χ0v) is 25.6. The van der Waals surface area contributed by atoms with Crippen LogP contribution in [0.1, 0.15) is 0 Å². The smallest absolute Gasteiger partial charge is 0.164 e. The van der Waals surface area contributed by atoms with Gasteiger partial charge < -0.3 is 8.83 Å². The maximum Gasteiger partial charge on any atom is 0.164 e. The van der Waals surface area contributed by atoms with Crippen molar-refractivity contribution in [2.24, 2.45) is 0 Å². The highest BCUT2D eigenvalue weighted by molar-refractivity contribution is 6.12. The van der Waals surface area contributed by atoms with Crippen LogP contribution in [0.5, 0.6) is 0 Å². The van der Waals surface area contributed by atoms with Crippen molar-refractivity contribution in [1.29, 1.82) is 0 Å². The molecule has 0 aliphatic rings. The van der Waals surface area contributed by atoms with Gasteiger partial charge in [-0.25, -0.2) is 15.0 Å². The second-order valence-corrected chi connectivity index (χ2v) is 12.0. The lowest BCUT2D eigenvalue weighted by Gasteiger charge is -2.09. The zero-order valence-electron chi connectivity index (χ0n) is 25.6. The molecule has 0 saturated carbocycles. The van der Waals surface area contributed by atoms with Crippen molar-refractivity contribution in [3.63, 3.8) is 0 Å². The zero-order chi connectivity index (χ0) is 31.6. The minimum Gasteiger partial charge on any atom is -0.456 e. The predicted octanol–water partition coefficient (Wildman–Crippen LogP) is 11.5. The average Bonchev–Trinajstić information content (AvgIpc) is 3.72. The fraction of sp³-hybridized carbons (Fsp3) is 0. The van der Waals surface area contributed by atoms with Gasteiger partial charge >= 0.3 is 0 Å². The van der Waals surface area contributed by atoms with E-state index in [1.165, 1.54) is 10.8 Å². The summed E-state index contributed by atoms with van der Waals surface area (Å²) in [5, 5.41) is 6.56. The summed E-state index contributed by atoms with van der Waals surface area (Å²) >= 11 is 0. The number of para-hydroxylation sites is 1. The largest absolute Gasteiger partial charge is 0.456 e. The van der Waals surface area contributed by atoms with E-state index in [1.54, 1.807) is 0 Å². The first-order chi connectivity index (χ1) is 23.7. The average molecular weight is 616 g/mol. The van der Waals surface area contributed by atoms with Gasteiger partial charge in [-0.1, -0.05) is 109 Å². The monoisotopic (exact) mass is 615 g/mol. The molecule has 48 heavy (non-hydrogen) atoms. The topological polar surface area (TPSA) is 65.0 Å². The molecule has 0 saturated heterocycles. The van der Waals surface area contributed by atoms with E-state index >= 15 is 0 Å². The molecule has 10 aromatic rings. The minimum atomic E-state index is 0.574. The molecule has 0 bridgehead atoms. The molecular formula is C43H25N3O2. The molecule has 0 atom stereocenters. The Labute approximate surface area is 274 Å². The lowest BCUT2D eigenvalue weighted by molar-refractivity contribution is 0.668. The third-order valence-electron chi connectivity index (χ3n) is 9.13. The van der Waals surface area contributed by atoms with Crippen LogP contribution in [-0.4, -0.2) is 15.0 Å². The first kappa shape index (κ1) is 26.6. The van der Waals surface area contributed by atoms with E-state index in [1.807, 2.05) is 66.7 Å². The third-order valence-corrected chi connectivity index (χ3v) is 9.13. The molecule has 0 radical (unpaired) electrons. The normalized spacial score (nSPS) is 11.8. The maximum atomic E-state index is 6.49. The molecule has 0 spiro atoms. The van der Waals surface area contributed by atoms with E-state index in [4.69, 9.17) is 23.8 Å². The second-order valence-electron chi connectivity index (χ2n) is 12.0. The van der Waals surface area contributed by atoms with E-state index in [-0.39, 0.29) is 0 Å². The Morgan fingerprint density at radius 3 is 1.85 bits per heavy atom. The Morgan fingerprint density at radius 2 is 0.938 bits per heavy atom. The molecule has 5 heteroatoms. The van der Waals surface area contributed by atoms with Crippen LogP contribution >= 0.6 is 0 Å². The number of fused-ring (bicyclic) bond motifs is 7. The molecule has 7 aromatic carbocycles. The summed E-state index contributed by atoms with van der Waals surface area (Å²) in [6.07, 6.45) is 0. The van der Waals surface area contributed by atoms with Crippen LogP contribution in [0.15, 0.2) is 160 Å². The summed E-state index contributed by atoms with van der Waals surface area (Å²) in [7, 11) is 0. The second kappa shape index (κ2) is 10.5. The lowest BCUT2D eigenvalue weighted by Crippen LogP contribution is -2.00. The van der Waals surface area contributed by atoms with Crippen LogP contribution in [0, 0.1) is 0 Å². The number of benzene rings is 7. The maximum absolute atomic E-state index is 6.49. The van der Waals surface area contributed by atoms with Crippen molar-refractivity contribution < 1.29 is 8.83 Å². The van der Waals surface area contributed by atoms with Crippen molar-refractivity contribution in [3.8, 4) is 45.3 Å². The van der Waals surface area contributed by atoms with Gasteiger partial charge in [-0.15, -0.1) is 0 Å². The minimum absolute atomic E-state index is 0.574. The van der Waals surface area contributed by atoms with Crippen LogP contribution in [0.4, 0.5) is 0 Å². The molecule has 3 aromatic heterocycles. The van der Waals surface area contributed by atoms with Gasteiger partial charge in [-0.2, -0.15) is 0 Å². The molecule has 0 aliphatic heterocycles. The van der Waals surface area contributed by atoms with Gasteiger partial charge in [-0.05, 0) is 64.4 Å². The van der Waals surface area contributed by atoms with Crippen molar-refractivity contribution in [2.45, 2.75) is 0 Å². The fourth-order valence-electron chi connectivity index (χ4n) is 6.77. The Balaban J connectivity index is 1.15. The van der Waals surface area contributed by atoms with Gasteiger partial charge in [0.1, 0.15) is 22.3 Å². The fourth-order valence-corrected chi connectivity index (χ4v) is 6.77. The van der Waals surface area contributed by atoms with Gasteiger partial charge in [0.15, 0.2) is 17.5 Å². The highest BCUT2D eigenvalue weighted by Crippen LogP contribution is 2.39. The van der Waals surface area contributed by atoms with E-state index in [0.29, 0.717) is 17.5 Å². The Morgan fingerprint density at radius 1 is 0.333 bits per heavy atom. The van der Waals surface area contributed by atoms with E-state index in [2.05, 4.69) is 84.9 Å². The van der Waals surface area contributed by atoms with Crippen molar-refractivity contribution in [1.82, 2.24) is 15.0 Å². The van der Waals surface area contributed by atoms with Gasteiger partial charge in [0.25, 0.3) is 0 Å². The Bertz CT molecular complexity index is 2850. The molecule has 0 fully saturated rings. The molecule has 3 heterocycles. The quantitative estimate of drug-likeness (QED) is 0.197. The number of hydrogen-bond donors (Lipinski definition) is 0. The van der Waals surface area contributed by atoms with Crippen LogP contribution in [-0.2, 0) is 0 Å². The number of aromatic nitrogens is 3. The summed E-state index contributed by atoms with van der Waals surface area (Å²) in [6.45, 7) is 0. The van der Waals surface area contributed by atoms with Gasteiger partial charge in [0.2, 0.25) is 0 Å². The Hall–Kier alpha value is -6.59.